The Labute approximate surface area is 297 Å². The first-order valence-electron chi connectivity index (χ1n) is 17.8. The molecule has 0 bridgehead atoms. The molecular formula is C49H43N. The highest BCUT2D eigenvalue weighted by Crippen LogP contribution is 2.56. The van der Waals surface area contributed by atoms with Gasteiger partial charge in [-0.25, -0.2) is 0 Å². The summed E-state index contributed by atoms with van der Waals surface area (Å²) in [6.07, 6.45) is 1.08. The Kier molecular flexibility index (Phi) is 8.21. The van der Waals surface area contributed by atoms with Gasteiger partial charge in [-0.05, 0) is 119 Å². The van der Waals surface area contributed by atoms with Crippen molar-refractivity contribution < 1.29 is 0 Å². The van der Waals surface area contributed by atoms with E-state index in [0.29, 0.717) is 5.92 Å². The molecular weight excluding hydrogens is 603 g/mol. The summed E-state index contributed by atoms with van der Waals surface area (Å²) in [5.74, 6) is 0.617. The predicted molar refractivity (Wildman–Crippen MR) is 212 cm³/mol. The van der Waals surface area contributed by atoms with Crippen LogP contribution < -0.4 is 4.90 Å². The third-order valence-electron chi connectivity index (χ3n) is 10.3. The van der Waals surface area contributed by atoms with Crippen LogP contribution in [0.1, 0.15) is 52.8 Å². The molecule has 0 amide bonds. The van der Waals surface area contributed by atoms with Gasteiger partial charge in [0.2, 0.25) is 0 Å². The van der Waals surface area contributed by atoms with E-state index in [1.165, 1.54) is 61.2 Å². The van der Waals surface area contributed by atoms with E-state index in [2.05, 4.69) is 202 Å². The number of fused-ring (bicyclic) bond motifs is 3. The highest BCUT2D eigenvalue weighted by atomic mass is 15.1. The Morgan fingerprint density at radius 1 is 0.460 bits per heavy atom. The van der Waals surface area contributed by atoms with E-state index in [1.54, 1.807) is 0 Å². The first kappa shape index (κ1) is 31.6. The molecule has 0 heterocycles. The molecule has 0 unspecified atom stereocenters. The monoisotopic (exact) mass is 645 g/mol. The zero-order valence-corrected chi connectivity index (χ0v) is 29.4. The van der Waals surface area contributed by atoms with Gasteiger partial charge in [-0.1, -0.05) is 152 Å². The lowest BCUT2D eigenvalue weighted by Crippen LogP contribution is -2.28. The van der Waals surface area contributed by atoms with Crippen molar-refractivity contribution in [1.29, 1.82) is 0 Å². The third-order valence-corrected chi connectivity index (χ3v) is 10.3. The third kappa shape index (κ3) is 5.53. The van der Waals surface area contributed by atoms with Crippen LogP contribution in [0, 0.1) is 19.8 Å². The standard InChI is InChI=1S/C49H43N/c1-34(2)32-37-20-24-40(25-21-37)49(47-14-7-5-12-45(47)46-13-6-8-15-48(46)49)41-11-9-10-39(33-41)38-22-30-44(31-23-38)50(42-26-16-35(3)17-27-42)43-28-18-36(4)19-29-43/h5-31,33-34H,32H2,1-4H3. The van der Waals surface area contributed by atoms with Crippen LogP contribution in [-0.4, -0.2) is 0 Å². The van der Waals surface area contributed by atoms with E-state index in [1.807, 2.05) is 0 Å². The molecule has 244 valence electrons. The first-order valence-corrected chi connectivity index (χ1v) is 17.8. The fourth-order valence-electron chi connectivity index (χ4n) is 7.96. The summed E-state index contributed by atoms with van der Waals surface area (Å²) in [6, 6.07) is 63.3. The number of benzene rings is 7. The van der Waals surface area contributed by atoms with Gasteiger partial charge < -0.3 is 4.90 Å². The van der Waals surface area contributed by atoms with Gasteiger partial charge in [-0.2, -0.15) is 0 Å². The lowest BCUT2D eigenvalue weighted by Gasteiger charge is -2.34. The normalized spacial score (nSPS) is 12.8. The van der Waals surface area contributed by atoms with Gasteiger partial charge in [0.1, 0.15) is 0 Å². The van der Waals surface area contributed by atoms with Crippen molar-refractivity contribution in [2.24, 2.45) is 5.92 Å². The second-order valence-corrected chi connectivity index (χ2v) is 14.3. The van der Waals surface area contributed by atoms with Crippen LogP contribution >= 0.6 is 0 Å². The minimum Gasteiger partial charge on any atom is -0.311 e. The van der Waals surface area contributed by atoms with Gasteiger partial charge in [0, 0.05) is 17.1 Å². The van der Waals surface area contributed by atoms with Crippen molar-refractivity contribution in [1.82, 2.24) is 0 Å². The number of rotatable bonds is 8. The van der Waals surface area contributed by atoms with Crippen LogP contribution in [0.15, 0.2) is 170 Å². The number of aryl methyl sites for hydroxylation is 2. The van der Waals surface area contributed by atoms with Crippen LogP contribution in [-0.2, 0) is 11.8 Å². The van der Waals surface area contributed by atoms with E-state index in [9.17, 15) is 0 Å². The molecule has 8 rings (SSSR count). The van der Waals surface area contributed by atoms with Crippen molar-refractivity contribution in [2.45, 2.75) is 39.5 Å². The summed E-state index contributed by atoms with van der Waals surface area (Å²) in [6.45, 7) is 8.86. The molecule has 1 aliphatic rings. The molecule has 0 radical (unpaired) electrons. The van der Waals surface area contributed by atoms with Crippen LogP contribution in [0.5, 0.6) is 0 Å². The van der Waals surface area contributed by atoms with Crippen LogP contribution in [0.25, 0.3) is 22.3 Å². The highest BCUT2D eigenvalue weighted by molar-refractivity contribution is 5.87. The molecule has 0 fully saturated rings. The Morgan fingerprint density at radius 3 is 1.48 bits per heavy atom. The quantitative estimate of drug-likeness (QED) is 0.159. The van der Waals surface area contributed by atoms with Gasteiger partial charge in [-0.3, -0.25) is 0 Å². The zero-order chi connectivity index (χ0) is 34.2. The van der Waals surface area contributed by atoms with E-state index in [4.69, 9.17) is 0 Å². The SMILES string of the molecule is Cc1ccc(N(c2ccc(C)cc2)c2ccc(-c3cccc(C4(c5ccc(CC(C)C)cc5)c5ccccc5-c5ccccc54)c3)cc2)cc1. The molecule has 0 saturated heterocycles. The van der Waals surface area contributed by atoms with E-state index in [-0.39, 0.29) is 0 Å². The van der Waals surface area contributed by atoms with Crippen molar-refractivity contribution in [2.75, 3.05) is 4.90 Å². The summed E-state index contributed by atoms with van der Waals surface area (Å²) in [5.41, 5.74) is 17.2. The van der Waals surface area contributed by atoms with Crippen molar-refractivity contribution in [3.63, 3.8) is 0 Å². The number of nitrogens with zero attached hydrogens (tertiary/aromatic N) is 1. The maximum absolute atomic E-state index is 2.42. The number of anilines is 3. The van der Waals surface area contributed by atoms with E-state index < -0.39 is 5.41 Å². The molecule has 1 aliphatic carbocycles. The summed E-state index contributed by atoms with van der Waals surface area (Å²) < 4.78 is 0. The Balaban J connectivity index is 1.25. The Hall–Kier alpha value is -5.66. The Bertz CT molecular complexity index is 2170. The van der Waals surface area contributed by atoms with Crippen LogP contribution in [0.2, 0.25) is 0 Å². The molecule has 0 N–H and O–H groups in total. The molecule has 0 spiro atoms. The summed E-state index contributed by atoms with van der Waals surface area (Å²) in [5, 5.41) is 0. The van der Waals surface area contributed by atoms with Crippen LogP contribution in [0.4, 0.5) is 17.1 Å². The molecule has 1 nitrogen and oxygen atoms in total. The average Bonchev–Trinajstić information content (AvgIpc) is 3.45. The topological polar surface area (TPSA) is 3.24 Å². The van der Waals surface area contributed by atoms with Gasteiger partial charge in [-0.15, -0.1) is 0 Å². The molecule has 50 heavy (non-hydrogen) atoms. The van der Waals surface area contributed by atoms with Gasteiger partial charge >= 0.3 is 0 Å². The average molecular weight is 646 g/mol. The zero-order valence-electron chi connectivity index (χ0n) is 29.4. The fourth-order valence-corrected chi connectivity index (χ4v) is 7.96. The highest BCUT2D eigenvalue weighted by Gasteiger charge is 2.45. The molecule has 0 saturated carbocycles. The maximum atomic E-state index is 2.42. The largest absolute Gasteiger partial charge is 0.311 e. The smallest absolute Gasteiger partial charge is 0.0713 e. The lowest BCUT2D eigenvalue weighted by atomic mass is 9.67. The minimum absolute atomic E-state index is 0.423. The predicted octanol–water partition coefficient (Wildman–Crippen LogP) is 13.0. The lowest BCUT2D eigenvalue weighted by molar-refractivity contribution is 0.646. The molecule has 0 aromatic heterocycles. The van der Waals surface area contributed by atoms with E-state index >= 15 is 0 Å². The summed E-state index contributed by atoms with van der Waals surface area (Å²) in [4.78, 5) is 2.34. The second kappa shape index (κ2) is 13.0. The molecule has 7 aromatic carbocycles. The summed E-state index contributed by atoms with van der Waals surface area (Å²) >= 11 is 0. The van der Waals surface area contributed by atoms with Crippen molar-refractivity contribution >= 4 is 17.1 Å². The maximum Gasteiger partial charge on any atom is 0.0713 e. The van der Waals surface area contributed by atoms with Gasteiger partial charge in [0.05, 0.1) is 5.41 Å². The second-order valence-electron chi connectivity index (χ2n) is 14.3. The number of hydrogen-bond donors (Lipinski definition) is 0. The van der Waals surface area contributed by atoms with Crippen LogP contribution in [0.3, 0.4) is 0 Å². The molecule has 0 aliphatic heterocycles. The van der Waals surface area contributed by atoms with Crippen molar-refractivity contribution in [3.8, 4) is 22.3 Å². The Morgan fingerprint density at radius 2 is 0.960 bits per heavy atom. The fraction of sp³-hybridized carbons (Fsp3) is 0.143. The molecule has 0 atom stereocenters. The minimum atomic E-state index is -0.423. The van der Waals surface area contributed by atoms with Gasteiger partial charge in [0.15, 0.2) is 0 Å². The van der Waals surface area contributed by atoms with Crippen molar-refractivity contribution in [3.05, 3.63) is 209 Å². The number of hydrogen-bond acceptors (Lipinski definition) is 1. The molecule has 7 aromatic rings. The van der Waals surface area contributed by atoms with Gasteiger partial charge in [0.25, 0.3) is 0 Å². The summed E-state index contributed by atoms with van der Waals surface area (Å²) in [7, 11) is 0. The van der Waals surface area contributed by atoms with E-state index in [0.717, 1.165) is 23.5 Å². The first-order chi connectivity index (χ1) is 24.4. The molecule has 1 heteroatoms.